The molecule has 0 aromatic rings. The van der Waals surface area contributed by atoms with Gasteiger partial charge in [0.15, 0.2) is 0 Å². The minimum absolute atomic E-state index is 0.419. The lowest BCUT2D eigenvalue weighted by Gasteiger charge is -2.29. The zero-order chi connectivity index (χ0) is 9.90. The number of rotatable bonds is 3. The SMILES string of the molecule is CC(C)(CI)CC1CCCC(=O)C1. The molecule has 0 spiro atoms. The summed E-state index contributed by atoms with van der Waals surface area (Å²) in [6.07, 6.45) is 5.30. The van der Waals surface area contributed by atoms with E-state index in [-0.39, 0.29) is 0 Å². The monoisotopic (exact) mass is 294 g/mol. The third-order valence-electron chi connectivity index (χ3n) is 2.79. The summed E-state index contributed by atoms with van der Waals surface area (Å²) in [4.78, 5) is 11.2. The molecule has 0 saturated heterocycles. The quantitative estimate of drug-likeness (QED) is 0.574. The van der Waals surface area contributed by atoms with Crippen molar-refractivity contribution in [3.63, 3.8) is 0 Å². The highest BCUT2D eigenvalue weighted by Crippen LogP contribution is 2.34. The smallest absolute Gasteiger partial charge is 0.133 e. The molecule has 1 nitrogen and oxygen atoms in total. The minimum atomic E-state index is 0.419. The van der Waals surface area contributed by atoms with Crippen LogP contribution in [-0.4, -0.2) is 10.2 Å². The van der Waals surface area contributed by atoms with E-state index in [1.165, 1.54) is 17.3 Å². The summed E-state index contributed by atoms with van der Waals surface area (Å²) in [5.74, 6) is 1.16. The number of alkyl halides is 1. The van der Waals surface area contributed by atoms with Crippen molar-refractivity contribution in [2.45, 2.75) is 46.0 Å². The Morgan fingerprint density at radius 1 is 1.54 bits per heavy atom. The third-order valence-corrected chi connectivity index (χ3v) is 4.85. The van der Waals surface area contributed by atoms with Crippen molar-refractivity contribution < 1.29 is 4.79 Å². The van der Waals surface area contributed by atoms with Gasteiger partial charge in [-0.15, -0.1) is 0 Å². The van der Waals surface area contributed by atoms with Crippen LogP contribution in [0.1, 0.15) is 46.0 Å². The fourth-order valence-electron chi connectivity index (χ4n) is 2.12. The normalized spacial score (nSPS) is 24.8. The molecule has 0 radical (unpaired) electrons. The molecule has 1 aliphatic rings. The molecule has 76 valence electrons. The fourth-order valence-corrected chi connectivity index (χ4v) is 2.44. The van der Waals surface area contributed by atoms with E-state index in [0.717, 1.165) is 19.3 Å². The van der Waals surface area contributed by atoms with Gasteiger partial charge in [0.05, 0.1) is 0 Å². The van der Waals surface area contributed by atoms with Gasteiger partial charge < -0.3 is 0 Å². The second-order valence-electron chi connectivity index (χ2n) is 5.00. The van der Waals surface area contributed by atoms with E-state index in [2.05, 4.69) is 36.4 Å². The molecule has 0 bridgehead atoms. The Hall–Kier alpha value is 0.400. The van der Waals surface area contributed by atoms with Gasteiger partial charge >= 0.3 is 0 Å². The lowest BCUT2D eigenvalue weighted by Crippen LogP contribution is -2.23. The van der Waals surface area contributed by atoms with Crippen molar-refractivity contribution >= 4 is 28.4 Å². The zero-order valence-corrected chi connectivity index (χ0v) is 10.8. The summed E-state index contributed by atoms with van der Waals surface area (Å²) >= 11 is 2.45. The van der Waals surface area contributed by atoms with Crippen molar-refractivity contribution in [1.82, 2.24) is 0 Å². The average molecular weight is 294 g/mol. The Kier molecular flexibility index (Phi) is 4.20. The van der Waals surface area contributed by atoms with Crippen LogP contribution in [0.25, 0.3) is 0 Å². The maximum Gasteiger partial charge on any atom is 0.133 e. The molecule has 0 N–H and O–H groups in total. The number of carbonyl (C=O) groups is 1. The van der Waals surface area contributed by atoms with E-state index in [1.807, 2.05) is 0 Å². The van der Waals surface area contributed by atoms with Crippen LogP contribution in [-0.2, 0) is 4.79 Å². The van der Waals surface area contributed by atoms with Gasteiger partial charge in [0.1, 0.15) is 5.78 Å². The number of ketones is 1. The number of hydrogen-bond acceptors (Lipinski definition) is 1. The molecule has 1 unspecified atom stereocenters. The van der Waals surface area contributed by atoms with Crippen molar-refractivity contribution in [3.05, 3.63) is 0 Å². The van der Waals surface area contributed by atoms with Gasteiger partial charge in [0, 0.05) is 17.3 Å². The molecule has 1 fully saturated rings. The minimum Gasteiger partial charge on any atom is -0.300 e. The van der Waals surface area contributed by atoms with Crippen molar-refractivity contribution in [2.24, 2.45) is 11.3 Å². The molecule has 13 heavy (non-hydrogen) atoms. The van der Waals surface area contributed by atoms with Gasteiger partial charge in [-0.05, 0) is 30.6 Å². The van der Waals surface area contributed by atoms with Gasteiger partial charge in [-0.25, -0.2) is 0 Å². The Bertz CT molecular complexity index is 187. The topological polar surface area (TPSA) is 17.1 Å². The van der Waals surface area contributed by atoms with Crippen LogP contribution in [0.3, 0.4) is 0 Å². The van der Waals surface area contributed by atoms with Crippen molar-refractivity contribution in [2.75, 3.05) is 4.43 Å². The van der Waals surface area contributed by atoms with Gasteiger partial charge in [-0.1, -0.05) is 36.4 Å². The molecule has 0 aromatic carbocycles. The number of hydrogen-bond donors (Lipinski definition) is 0. The van der Waals surface area contributed by atoms with E-state index in [1.54, 1.807) is 0 Å². The van der Waals surface area contributed by atoms with Crippen LogP contribution in [0.5, 0.6) is 0 Å². The average Bonchev–Trinajstić information content (AvgIpc) is 2.03. The van der Waals surface area contributed by atoms with Gasteiger partial charge in [0.2, 0.25) is 0 Å². The second-order valence-corrected chi connectivity index (χ2v) is 5.77. The molecule has 2 heteroatoms. The molecule has 0 amide bonds. The highest BCUT2D eigenvalue weighted by atomic mass is 127. The summed E-state index contributed by atoms with van der Waals surface area (Å²) in [5, 5.41) is 0. The molecule has 1 saturated carbocycles. The van der Waals surface area contributed by atoms with Crippen LogP contribution in [0.4, 0.5) is 0 Å². The number of halogens is 1. The molecule has 1 rings (SSSR count). The highest BCUT2D eigenvalue weighted by Gasteiger charge is 2.26. The number of carbonyl (C=O) groups excluding carboxylic acids is 1. The molecule has 1 aliphatic carbocycles. The van der Waals surface area contributed by atoms with Crippen LogP contribution in [0.2, 0.25) is 0 Å². The molecular formula is C11H19IO. The summed E-state index contributed by atoms with van der Waals surface area (Å²) < 4.78 is 1.19. The van der Waals surface area contributed by atoms with Crippen LogP contribution >= 0.6 is 22.6 Å². The van der Waals surface area contributed by atoms with E-state index in [9.17, 15) is 4.79 Å². The summed E-state index contributed by atoms with van der Waals surface area (Å²) in [6.45, 7) is 4.61. The molecule has 0 aliphatic heterocycles. The first kappa shape index (κ1) is 11.5. The standard InChI is InChI=1S/C11H19IO/c1-11(2,8-12)7-9-4-3-5-10(13)6-9/h9H,3-8H2,1-2H3. The fraction of sp³-hybridized carbons (Fsp3) is 0.909. The van der Waals surface area contributed by atoms with Crippen LogP contribution in [0.15, 0.2) is 0 Å². The van der Waals surface area contributed by atoms with Crippen molar-refractivity contribution in [3.8, 4) is 0 Å². The predicted octanol–water partition coefficient (Wildman–Crippen LogP) is 3.60. The predicted molar refractivity (Wildman–Crippen MR) is 64.3 cm³/mol. The van der Waals surface area contributed by atoms with Crippen LogP contribution in [0, 0.1) is 11.3 Å². The van der Waals surface area contributed by atoms with E-state index in [0.29, 0.717) is 17.1 Å². The molecule has 1 atom stereocenters. The van der Waals surface area contributed by atoms with Crippen molar-refractivity contribution in [1.29, 1.82) is 0 Å². The largest absolute Gasteiger partial charge is 0.300 e. The Labute approximate surface area is 94.8 Å². The second kappa shape index (κ2) is 4.76. The van der Waals surface area contributed by atoms with Gasteiger partial charge in [-0.2, -0.15) is 0 Å². The Balaban J connectivity index is 2.40. The van der Waals surface area contributed by atoms with Crippen LogP contribution < -0.4 is 0 Å². The molecule has 0 heterocycles. The lowest BCUT2D eigenvalue weighted by atomic mass is 9.77. The van der Waals surface area contributed by atoms with Gasteiger partial charge in [0.25, 0.3) is 0 Å². The summed E-state index contributed by atoms with van der Waals surface area (Å²) in [6, 6.07) is 0. The maximum absolute atomic E-state index is 11.2. The summed E-state index contributed by atoms with van der Waals surface area (Å²) in [7, 11) is 0. The highest BCUT2D eigenvalue weighted by molar-refractivity contribution is 14.1. The molecular weight excluding hydrogens is 275 g/mol. The van der Waals surface area contributed by atoms with E-state index >= 15 is 0 Å². The lowest BCUT2D eigenvalue weighted by molar-refractivity contribution is -0.121. The molecule has 0 aromatic heterocycles. The first-order chi connectivity index (χ1) is 6.03. The van der Waals surface area contributed by atoms with Gasteiger partial charge in [-0.3, -0.25) is 4.79 Å². The first-order valence-electron chi connectivity index (χ1n) is 5.11. The zero-order valence-electron chi connectivity index (χ0n) is 8.61. The van der Waals surface area contributed by atoms with E-state index in [4.69, 9.17) is 0 Å². The third kappa shape index (κ3) is 3.96. The number of Topliss-reactive ketones (excluding diaryl/α,β-unsaturated/α-hetero) is 1. The van der Waals surface area contributed by atoms with E-state index < -0.39 is 0 Å². The Morgan fingerprint density at radius 2 is 2.23 bits per heavy atom. The first-order valence-corrected chi connectivity index (χ1v) is 6.64. The maximum atomic E-state index is 11.2. The Morgan fingerprint density at radius 3 is 2.77 bits per heavy atom. The summed E-state index contributed by atoms with van der Waals surface area (Å²) in [5.41, 5.74) is 0.419.